The first-order valence-electron chi connectivity index (χ1n) is 6.83. The van der Waals surface area contributed by atoms with Crippen LogP contribution in [0.25, 0.3) is 0 Å². The van der Waals surface area contributed by atoms with E-state index in [1.165, 1.54) is 0 Å². The standard InChI is InChI=1S/C17H22N2O2/c1-9-5-11(7-13(20)15(9)18)17(3,4)12-6-10(2)16(19)14(21)8-12/h5-8,20-21H,18-19H2,1-4H3. The van der Waals surface area contributed by atoms with Crippen LogP contribution in [0.4, 0.5) is 11.4 Å². The van der Waals surface area contributed by atoms with Gasteiger partial charge >= 0.3 is 0 Å². The van der Waals surface area contributed by atoms with Crippen LogP contribution in [-0.4, -0.2) is 10.2 Å². The van der Waals surface area contributed by atoms with Crippen molar-refractivity contribution in [2.75, 3.05) is 11.5 Å². The van der Waals surface area contributed by atoms with Gasteiger partial charge in [-0.25, -0.2) is 0 Å². The maximum atomic E-state index is 9.95. The number of nitrogen functional groups attached to an aromatic ring is 2. The largest absolute Gasteiger partial charge is 0.506 e. The molecule has 0 heterocycles. The van der Waals surface area contributed by atoms with Crippen LogP contribution in [0.3, 0.4) is 0 Å². The second kappa shape index (κ2) is 4.88. The highest BCUT2D eigenvalue weighted by Gasteiger charge is 2.26. The molecule has 0 bridgehead atoms. The number of aryl methyl sites for hydroxylation is 2. The Labute approximate surface area is 125 Å². The summed E-state index contributed by atoms with van der Waals surface area (Å²) < 4.78 is 0. The molecule has 4 nitrogen and oxygen atoms in total. The van der Waals surface area contributed by atoms with Gasteiger partial charge < -0.3 is 21.7 Å². The molecular formula is C17H22N2O2. The van der Waals surface area contributed by atoms with E-state index in [2.05, 4.69) is 0 Å². The summed E-state index contributed by atoms with van der Waals surface area (Å²) in [6, 6.07) is 7.26. The molecule has 0 aromatic heterocycles. The average molecular weight is 286 g/mol. The molecule has 2 aromatic carbocycles. The smallest absolute Gasteiger partial charge is 0.139 e. The zero-order valence-corrected chi connectivity index (χ0v) is 12.9. The summed E-state index contributed by atoms with van der Waals surface area (Å²) in [4.78, 5) is 0. The number of nitrogens with two attached hydrogens (primary N) is 2. The Kier molecular flexibility index (Phi) is 3.49. The molecule has 0 fully saturated rings. The normalized spacial score (nSPS) is 11.6. The van der Waals surface area contributed by atoms with Crippen LogP contribution in [0.5, 0.6) is 11.5 Å². The zero-order valence-electron chi connectivity index (χ0n) is 12.9. The summed E-state index contributed by atoms with van der Waals surface area (Å²) in [5.41, 5.74) is 15.5. The molecule has 2 rings (SSSR count). The number of benzene rings is 2. The molecule has 0 saturated heterocycles. The molecule has 21 heavy (non-hydrogen) atoms. The van der Waals surface area contributed by atoms with Crippen LogP contribution in [0.1, 0.15) is 36.1 Å². The highest BCUT2D eigenvalue weighted by molar-refractivity contribution is 5.63. The van der Waals surface area contributed by atoms with Gasteiger partial charge in [0.05, 0.1) is 11.4 Å². The Hall–Kier alpha value is -2.36. The van der Waals surface area contributed by atoms with E-state index in [9.17, 15) is 10.2 Å². The lowest BCUT2D eigenvalue weighted by Crippen LogP contribution is -2.19. The van der Waals surface area contributed by atoms with Gasteiger partial charge in [0.25, 0.3) is 0 Å². The molecule has 2 aromatic rings. The maximum absolute atomic E-state index is 9.95. The molecule has 0 radical (unpaired) electrons. The number of anilines is 2. The third-order valence-electron chi connectivity index (χ3n) is 4.17. The average Bonchev–Trinajstić information content (AvgIpc) is 2.40. The Morgan fingerprint density at radius 3 is 1.38 bits per heavy atom. The van der Waals surface area contributed by atoms with Gasteiger partial charge in [-0.1, -0.05) is 26.0 Å². The first-order chi connectivity index (χ1) is 9.64. The van der Waals surface area contributed by atoms with Gasteiger partial charge in [0.2, 0.25) is 0 Å². The molecule has 4 heteroatoms. The van der Waals surface area contributed by atoms with Gasteiger partial charge in [-0.15, -0.1) is 0 Å². The second-order valence-corrected chi connectivity index (χ2v) is 6.08. The topological polar surface area (TPSA) is 92.5 Å². The summed E-state index contributed by atoms with van der Waals surface area (Å²) in [6.45, 7) is 7.78. The third kappa shape index (κ3) is 2.49. The SMILES string of the molecule is Cc1cc(C(C)(C)c2cc(C)c(N)c(O)c2)cc(O)c1N. The fourth-order valence-electron chi connectivity index (χ4n) is 2.45. The van der Waals surface area contributed by atoms with E-state index in [4.69, 9.17) is 11.5 Å². The molecule has 0 atom stereocenters. The minimum atomic E-state index is -0.397. The number of rotatable bonds is 2. The quantitative estimate of drug-likeness (QED) is 0.504. The van der Waals surface area contributed by atoms with Crippen molar-refractivity contribution in [1.29, 1.82) is 0 Å². The van der Waals surface area contributed by atoms with Gasteiger partial charge in [0.1, 0.15) is 11.5 Å². The minimum absolute atomic E-state index is 0.0782. The highest BCUT2D eigenvalue weighted by Crippen LogP contribution is 2.39. The molecule has 0 amide bonds. The Morgan fingerprint density at radius 1 is 0.762 bits per heavy atom. The molecule has 6 N–H and O–H groups in total. The molecule has 0 saturated carbocycles. The van der Waals surface area contributed by atoms with E-state index in [0.717, 1.165) is 22.3 Å². The summed E-state index contributed by atoms with van der Waals surface area (Å²) in [5, 5.41) is 19.9. The van der Waals surface area contributed by atoms with Gasteiger partial charge in [0, 0.05) is 5.41 Å². The fourth-order valence-corrected chi connectivity index (χ4v) is 2.45. The van der Waals surface area contributed by atoms with Crippen LogP contribution in [-0.2, 0) is 5.41 Å². The van der Waals surface area contributed by atoms with E-state index < -0.39 is 5.41 Å². The van der Waals surface area contributed by atoms with Gasteiger partial charge in [-0.2, -0.15) is 0 Å². The van der Waals surface area contributed by atoms with Crippen molar-refractivity contribution >= 4 is 11.4 Å². The number of aromatic hydroxyl groups is 2. The lowest BCUT2D eigenvalue weighted by molar-refractivity contribution is 0.472. The lowest BCUT2D eigenvalue weighted by Gasteiger charge is -2.28. The first-order valence-corrected chi connectivity index (χ1v) is 6.83. The van der Waals surface area contributed by atoms with Crippen molar-refractivity contribution in [2.45, 2.75) is 33.1 Å². The van der Waals surface area contributed by atoms with Gasteiger partial charge in [-0.05, 0) is 48.2 Å². The van der Waals surface area contributed by atoms with Crippen molar-refractivity contribution in [2.24, 2.45) is 0 Å². The van der Waals surface area contributed by atoms with E-state index in [1.54, 1.807) is 12.1 Å². The molecule has 112 valence electrons. The van der Waals surface area contributed by atoms with Crippen molar-refractivity contribution in [3.8, 4) is 11.5 Å². The Balaban J connectivity index is 2.61. The number of phenols is 2. The first kappa shape index (κ1) is 15.0. The summed E-state index contributed by atoms with van der Waals surface area (Å²) in [6.07, 6.45) is 0. The number of phenolic OH excluding ortho intramolecular Hbond substituents is 2. The molecule has 0 spiro atoms. The Morgan fingerprint density at radius 2 is 1.10 bits per heavy atom. The fraction of sp³-hybridized carbons (Fsp3) is 0.294. The van der Waals surface area contributed by atoms with E-state index >= 15 is 0 Å². The van der Waals surface area contributed by atoms with Crippen molar-refractivity contribution in [3.05, 3.63) is 46.5 Å². The van der Waals surface area contributed by atoms with Crippen molar-refractivity contribution in [3.63, 3.8) is 0 Å². The molecule has 0 aliphatic heterocycles. The lowest BCUT2D eigenvalue weighted by atomic mass is 9.77. The summed E-state index contributed by atoms with van der Waals surface area (Å²) in [5.74, 6) is 0.156. The molecule has 0 aliphatic carbocycles. The van der Waals surface area contributed by atoms with Crippen LogP contribution in [0.15, 0.2) is 24.3 Å². The molecule has 0 unspecified atom stereocenters. The monoisotopic (exact) mass is 286 g/mol. The van der Waals surface area contributed by atoms with Crippen LogP contribution >= 0.6 is 0 Å². The zero-order chi connectivity index (χ0) is 15.9. The molecular weight excluding hydrogens is 264 g/mol. The summed E-state index contributed by atoms with van der Waals surface area (Å²) >= 11 is 0. The van der Waals surface area contributed by atoms with E-state index in [-0.39, 0.29) is 11.5 Å². The second-order valence-electron chi connectivity index (χ2n) is 6.08. The van der Waals surface area contributed by atoms with Crippen molar-refractivity contribution in [1.82, 2.24) is 0 Å². The predicted molar refractivity (Wildman–Crippen MR) is 86.6 cm³/mol. The highest BCUT2D eigenvalue weighted by atomic mass is 16.3. The van der Waals surface area contributed by atoms with Crippen LogP contribution < -0.4 is 11.5 Å². The van der Waals surface area contributed by atoms with E-state index in [0.29, 0.717) is 11.4 Å². The summed E-state index contributed by atoms with van der Waals surface area (Å²) in [7, 11) is 0. The molecule has 0 aliphatic rings. The predicted octanol–water partition coefficient (Wildman–Crippen LogP) is 3.20. The van der Waals surface area contributed by atoms with Gasteiger partial charge in [0.15, 0.2) is 0 Å². The van der Waals surface area contributed by atoms with Gasteiger partial charge in [-0.3, -0.25) is 0 Å². The number of hydrogen-bond donors (Lipinski definition) is 4. The Bertz CT molecular complexity index is 600. The minimum Gasteiger partial charge on any atom is -0.506 e. The number of hydrogen-bond acceptors (Lipinski definition) is 4. The van der Waals surface area contributed by atoms with E-state index in [1.807, 2.05) is 39.8 Å². The third-order valence-corrected chi connectivity index (χ3v) is 4.17. The van der Waals surface area contributed by atoms with Crippen LogP contribution in [0.2, 0.25) is 0 Å². The maximum Gasteiger partial charge on any atom is 0.139 e. The van der Waals surface area contributed by atoms with Crippen LogP contribution in [0, 0.1) is 13.8 Å². The van der Waals surface area contributed by atoms with Crippen molar-refractivity contribution < 1.29 is 10.2 Å².